The van der Waals surface area contributed by atoms with Gasteiger partial charge in [0.1, 0.15) is 6.61 Å². The molecule has 3 aromatic carbocycles. The van der Waals surface area contributed by atoms with Crippen LogP contribution in [0.5, 0.6) is 0 Å². The zero-order valence-corrected chi connectivity index (χ0v) is 17.0. The second-order valence-corrected chi connectivity index (χ2v) is 7.60. The fourth-order valence-corrected chi connectivity index (χ4v) is 4.21. The number of nitrogens with one attached hydrogen (secondary N) is 2. The number of nitrogens with zero attached hydrogens (tertiary/aromatic N) is 1. The number of ether oxygens (including phenoxy) is 1. The van der Waals surface area contributed by atoms with Gasteiger partial charge in [0.15, 0.2) is 0 Å². The summed E-state index contributed by atoms with van der Waals surface area (Å²) in [4.78, 5) is 12.2. The van der Waals surface area contributed by atoms with Crippen LogP contribution in [0, 0.1) is 0 Å². The number of rotatable bonds is 6. The highest BCUT2D eigenvalue weighted by Crippen LogP contribution is 2.44. The molecular weight excluding hydrogens is 386 g/mol. The normalized spacial score (nSPS) is 12.8. The molecule has 5 nitrogen and oxygen atoms in total. The Morgan fingerprint density at radius 2 is 1.65 bits per heavy atom. The summed E-state index contributed by atoms with van der Waals surface area (Å²) >= 11 is 0. The maximum Gasteiger partial charge on any atom is 0.407 e. The molecule has 1 aliphatic carbocycles. The molecule has 0 atom stereocenters. The number of fused-ring (bicyclic) bond motifs is 4. The Bertz CT molecular complexity index is 1210. The summed E-state index contributed by atoms with van der Waals surface area (Å²) in [6, 6.07) is 24.6. The number of alkyl carbamates (subject to hydrolysis) is 1. The van der Waals surface area contributed by atoms with Gasteiger partial charge in [-0.15, -0.1) is 0 Å². The monoisotopic (exact) mass is 409 g/mol. The first-order chi connectivity index (χ1) is 15.3. The van der Waals surface area contributed by atoms with E-state index in [1.165, 1.54) is 22.3 Å². The molecule has 5 heteroatoms. The molecule has 154 valence electrons. The maximum absolute atomic E-state index is 12.2. The summed E-state index contributed by atoms with van der Waals surface area (Å²) in [6.45, 7) is 0.842. The highest BCUT2D eigenvalue weighted by Gasteiger charge is 2.28. The summed E-state index contributed by atoms with van der Waals surface area (Å²) in [6.07, 6.45) is 4.33. The van der Waals surface area contributed by atoms with Gasteiger partial charge < -0.3 is 10.1 Å². The average molecular weight is 409 g/mol. The first kappa shape index (κ1) is 19.1. The number of carbonyl (C=O) groups is 1. The van der Waals surface area contributed by atoms with E-state index in [1.807, 2.05) is 60.7 Å². The molecule has 0 saturated heterocycles. The minimum absolute atomic E-state index is 0.0757. The number of aromatic nitrogens is 2. The van der Waals surface area contributed by atoms with Crippen molar-refractivity contribution in [3.05, 3.63) is 95.7 Å². The topological polar surface area (TPSA) is 67.0 Å². The molecule has 0 aliphatic heterocycles. The lowest BCUT2D eigenvalue weighted by Gasteiger charge is -2.14. The number of carbonyl (C=O) groups excluding carboxylic acids is 1. The predicted molar refractivity (Wildman–Crippen MR) is 123 cm³/mol. The van der Waals surface area contributed by atoms with Gasteiger partial charge in [-0.2, -0.15) is 5.10 Å². The minimum Gasteiger partial charge on any atom is -0.449 e. The first-order valence-corrected chi connectivity index (χ1v) is 10.5. The third-order valence-electron chi connectivity index (χ3n) is 5.70. The van der Waals surface area contributed by atoms with Gasteiger partial charge >= 0.3 is 6.09 Å². The molecular formula is C26H23N3O2. The van der Waals surface area contributed by atoms with Crippen LogP contribution in [-0.4, -0.2) is 29.4 Å². The fourth-order valence-electron chi connectivity index (χ4n) is 4.21. The Morgan fingerprint density at radius 3 is 2.42 bits per heavy atom. The smallest absolute Gasteiger partial charge is 0.407 e. The van der Waals surface area contributed by atoms with Gasteiger partial charge in [0.2, 0.25) is 0 Å². The van der Waals surface area contributed by atoms with Crippen molar-refractivity contribution >= 4 is 23.1 Å². The van der Waals surface area contributed by atoms with Crippen LogP contribution < -0.4 is 5.32 Å². The number of amides is 1. The van der Waals surface area contributed by atoms with E-state index < -0.39 is 0 Å². The van der Waals surface area contributed by atoms with Crippen molar-refractivity contribution in [1.29, 1.82) is 0 Å². The highest BCUT2D eigenvalue weighted by atomic mass is 16.5. The minimum atomic E-state index is -0.387. The van der Waals surface area contributed by atoms with Crippen LogP contribution in [0.1, 0.15) is 29.2 Å². The molecule has 1 heterocycles. The number of para-hydroxylation sites is 1. The van der Waals surface area contributed by atoms with E-state index in [2.05, 4.69) is 39.8 Å². The molecule has 0 unspecified atom stereocenters. The Labute approximate surface area is 180 Å². The molecule has 4 aromatic rings. The van der Waals surface area contributed by atoms with Gasteiger partial charge in [-0.1, -0.05) is 72.8 Å². The summed E-state index contributed by atoms with van der Waals surface area (Å²) in [5, 5.41) is 11.2. The first-order valence-electron chi connectivity index (χ1n) is 10.5. The van der Waals surface area contributed by atoms with Crippen molar-refractivity contribution in [2.75, 3.05) is 13.2 Å². The van der Waals surface area contributed by atoms with E-state index >= 15 is 0 Å². The van der Waals surface area contributed by atoms with Gasteiger partial charge in [0.05, 0.1) is 11.2 Å². The van der Waals surface area contributed by atoms with Crippen LogP contribution in [0.3, 0.4) is 0 Å². The number of aromatic amines is 1. The van der Waals surface area contributed by atoms with Crippen molar-refractivity contribution in [3.63, 3.8) is 0 Å². The van der Waals surface area contributed by atoms with E-state index in [1.54, 1.807) is 0 Å². The van der Waals surface area contributed by atoms with Crippen molar-refractivity contribution in [3.8, 4) is 11.1 Å². The van der Waals surface area contributed by atoms with E-state index in [9.17, 15) is 4.79 Å². The van der Waals surface area contributed by atoms with Gasteiger partial charge in [-0.25, -0.2) is 4.79 Å². The summed E-state index contributed by atoms with van der Waals surface area (Å²) < 4.78 is 5.56. The van der Waals surface area contributed by atoms with E-state index in [0.29, 0.717) is 19.6 Å². The number of hydrogen-bond acceptors (Lipinski definition) is 3. The van der Waals surface area contributed by atoms with Gasteiger partial charge in [0, 0.05) is 17.8 Å². The lowest BCUT2D eigenvalue weighted by Crippen LogP contribution is -2.26. The molecule has 1 amide bonds. The lowest BCUT2D eigenvalue weighted by atomic mass is 9.98. The molecule has 0 spiro atoms. The quantitative estimate of drug-likeness (QED) is 0.413. The number of H-pyrrole nitrogens is 1. The highest BCUT2D eigenvalue weighted by molar-refractivity contribution is 5.86. The fraction of sp³-hybridized carbons (Fsp3) is 0.154. The maximum atomic E-state index is 12.2. The zero-order chi connectivity index (χ0) is 21.0. The summed E-state index contributed by atoms with van der Waals surface area (Å²) in [5.41, 5.74) is 6.79. The average Bonchev–Trinajstić information content (AvgIpc) is 3.37. The Balaban J connectivity index is 1.13. The van der Waals surface area contributed by atoms with Crippen molar-refractivity contribution in [2.24, 2.45) is 0 Å². The van der Waals surface area contributed by atoms with Gasteiger partial charge in [-0.05, 0) is 40.8 Å². The van der Waals surface area contributed by atoms with Crippen molar-refractivity contribution in [2.45, 2.75) is 12.3 Å². The Hall–Kier alpha value is -3.86. The standard InChI is InChI=1S/C26H23N3O2/c30-26(27-16-8-7-15-25-22-13-5-6-14-24(22)28-29-25)31-17-23-20-11-3-1-9-18(20)19-10-2-4-12-21(19)23/h1-7,9-15,23H,8,16-17H2,(H,27,30)(H,28,29). The predicted octanol–water partition coefficient (Wildman–Crippen LogP) is 5.50. The van der Waals surface area contributed by atoms with Gasteiger partial charge in [-0.3, -0.25) is 5.10 Å². The number of benzene rings is 3. The van der Waals surface area contributed by atoms with Crippen LogP contribution in [0.2, 0.25) is 0 Å². The van der Waals surface area contributed by atoms with E-state index in [0.717, 1.165) is 16.6 Å². The third kappa shape index (κ3) is 3.82. The van der Waals surface area contributed by atoms with Crippen molar-refractivity contribution in [1.82, 2.24) is 15.5 Å². The molecule has 1 aliphatic rings. The third-order valence-corrected chi connectivity index (χ3v) is 5.70. The second kappa shape index (κ2) is 8.48. The molecule has 0 saturated carbocycles. The second-order valence-electron chi connectivity index (χ2n) is 7.60. The molecule has 31 heavy (non-hydrogen) atoms. The molecule has 1 aromatic heterocycles. The summed E-state index contributed by atoms with van der Waals surface area (Å²) in [7, 11) is 0. The van der Waals surface area contributed by atoms with Crippen LogP contribution >= 0.6 is 0 Å². The van der Waals surface area contributed by atoms with Crippen LogP contribution in [-0.2, 0) is 4.74 Å². The Morgan fingerprint density at radius 1 is 0.968 bits per heavy atom. The van der Waals surface area contributed by atoms with Crippen LogP contribution in [0.15, 0.2) is 78.9 Å². The molecule has 0 bridgehead atoms. The number of hydrogen-bond donors (Lipinski definition) is 2. The largest absolute Gasteiger partial charge is 0.449 e. The van der Waals surface area contributed by atoms with Crippen LogP contribution in [0.25, 0.3) is 28.1 Å². The van der Waals surface area contributed by atoms with Crippen LogP contribution in [0.4, 0.5) is 4.79 Å². The van der Waals surface area contributed by atoms with E-state index in [-0.39, 0.29) is 12.0 Å². The SMILES string of the molecule is O=C(NCCC=Cc1[nH]nc2ccccc12)OCC1c2ccccc2-c2ccccc21. The molecule has 2 N–H and O–H groups in total. The molecule has 0 radical (unpaired) electrons. The zero-order valence-electron chi connectivity index (χ0n) is 17.0. The van der Waals surface area contributed by atoms with Gasteiger partial charge in [0.25, 0.3) is 0 Å². The summed E-state index contributed by atoms with van der Waals surface area (Å²) in [5.74, 6) is 0.0757. The molecule has 0 fully saturated rings. The van der Waals surface area contributed by atoms with Crippen molar-refractivity contribution < 1.29 is 9.53 Å². The van der Waals surface area contributed by atoms with E-state index in [4.69, 9.17) is 4.74 Å². The lowest BCUT2D eigenvalue weighted by molar-refractivity contribution is 0.143. The Kier molecular flexibility index (Phi) is 5.23. The molecule has 5 rings (SSSR count).